The SMILES string of the molecule is COc1cc2c3c(c1Br)CCc1cc(C)cc(c1-3)CC2. The first-order chi connectivity index (χ1) is 9.69. The second-order valence-electron chi connectivity index (χ2n) is 5.86. The molecule has 0 saturated carbocycles. The van der Waals surface area contributed by atoms with Crippen molar-refractivity contribution in [2.24, 2.45) is 0 Å². The molecule has 2 aromatic carbocycles. The zero-order chi connectivity index (χ0) is 13.9. The molecule has 0 unspecified atom stereocenters. The highest BCUT2D eigenvalue weighted by molar-refractivity contribution is 9.10. The lowest BCUT2D eigenvalue weighted by Crippen LogP contribution is -2.15. The molecule has 2 heteroatoms. The van der Waals surface area contributed by atoms with Gasteiger partial charge in [-0.25, -0.2) is 0 Å². The van der Waals surface area contributed by atoms with Gasteiger partial charge in [-0.2, -0.15) is 0 Å². The normalized spacial score (nSPS) is 14.9. The Balaban J connectivity index is 2.08. The summed E-state index contributed by atoms with van der Waals surface area (Å²) in [5.74, 6) is 0.984. The third-order valence-electron chi connectivity index (χ3n) is 4.63. The summed E-state index contributed by atoms with van der Waals surface area (Å²) >= 11 is 3.75. The second-order valence-corrected chi connectivity index (χ2v) is 6.66. The van der Waals surface area contributed by atoms with Gasteiger partial charge in [-0.15, -0.1) is 0 Å². The highest BCUT2D eigenvalue weighted by Gasteiger charge is 2.28. The Morgan fingerprint density at radius 2 is 1.50 bits per heavy atom. The fourth-order valence-corrected chi connectivity index (χ4v) is 4.50. The summed E-state index contributed by atoms with van der Waals surface area (Å²) in [6, 6.07) is 6.96. The first-order valence-electron chi connectivity index (χ1n) is 7.20. The molecule has 20 heavy (non-hydrogen) atoms. The molecule has 2 aliphatic carbocycles. The molecule has 1 nitrogen and oxygen atoms in total. The van der Waals surface area contributed by atoms with Crippen LogP contribution in [0.1, 0.15) is 27.8 Å². The molecule has 4 rings (SSSR count). The lowest BCUT2D eigenvalue weighted by atomic mass is 9.75. The molecule has 0 saturated heterocycles. The van der Waals surface area contributed by atoms with Crippen molar-refractivity contribution < 1.29 is 4.74 Å². The van der Waals surface area contributed by atoms with Crippen molar-refractivity contribution in [2.45, 2.75) is 32.6 Å². The topological polar surface area (TPSA) is 9.23 Å². The monoisotopic (exact) mass is 328 g/mol. The number of methoxy groups -OCH3 is 1. The van der Waals surface area contributed by atoms with Gasteiger partial charge in [-0.3, -0.25) is 0 Å². The van der Waals surface area contributed by atoms with E-state index in [-0.39, 0.29) is 0 Å². The molecular weight excluding hydrogens is 312 g/mol. The highest BCUT2D eigenvalue weighted by Crippen LogP contribution is 2.47. The molecule has 0 N–H and O–H groups in total. The van der Waals surface area contributed by atoms with E-state index in [1.165, 1.54) is 38.9 Å². The van der Waals surface area contributed by atoms with E-state index < -0.39 is 0 Å². The third kappa shape index (κ3) is 1.61. The van der Waals surface area contributed by atoms with Crippen LogP contribution in [0, 0.1) is 6.92 Å². The number of benzene rings is 2. The van der Waals surface area contributed by atoms with Crippen molar-refractivity contribution >= 4 is 15.9 Å². The number of aryl methyl sites for hydroxylation is 4. The van der Waals surface area contributed by atoms with Gasteiger partial charge in [-0.1, -0.05) is 17.7 Å². The average molecular weight is 329 g/mol. The zero-order valence-corrected chi connectivity index (χ0v) is 13.4. The van der Waals surface area contributed by atoms with E-state index in [0.717, 1.165) is 35.9 Å². The predicted octanol–water partition coefficient (Wildman–Crippen LogP) is 4.63. The minimum atomic E-state index is 0.984. The van der Waals surface area contributed by atoms with Crippen LogP contribution in [-0.2, 0) is 25.7 Å². The van der Waals surface area contributed by atoms with E-state index in [2.05, 4.69) is 41.1 Å². The van der Waals surface area contributed by atoms with E-state index in [1.807, 2.05) is 0 Å². The van der Waals surface area contributed by atoms with Crippen LogP contribution in [0.2, 0.25) is 0 Å². The molecule has 0 fully saturated rings. The van der Waals surface area contributed by atoms with Crippen LogP contribution in [0.15, 0.2) is 22.7 Å². The van der Waals surface area contributed by atoms with Crippen LogP contribution in [0.4, 0.5) is 0 Å². The Morgan fingerprint density at radius 1 is 0.900 bits per heavy atom. The van der Waals surface area contributed by atoms with Gasteiger partial charge in [0.2, 0.25) is 0 Å². The van der Waals surface area contributed by atoms with Crippen LogP contribution in [0.25, 0.3) is 11.1 Å². The molecule has 0 bridgehead atoms. The second kappa shape index (κ2) is 4.36. The number of hydrogen-bond acceptors (Lipinski definition) is 1. The van der Waals surface area contributed by atoms with Gasteiger partial charge in [0, 0.05) is 0 Å². The van der Waals surface area contributed by atoms with E-state index in [9.17, 15) is 0 Å². The van der Waals surface area contributed by atoms with Gasteiger partial charge in [0.05, 0.1) is 11.6 Å². The quantitative estimate of drug-likeness (QED) is 0.741. The Kier molecular flexibility index (Phi) is 2.71. The summed E-state index contributed by atoms with van der Waals surface area (Å²) in [6.07, 6.45) is 4.53. The molecule has 0 atom stereocenters. The fourth-order valence-electron chi connectivity index (χ4n) is 3.82. The first-order valence-corrected chi connectivity index (χ1v) is 7.99. The predicted molar refractivity (Wildman–Crippen MR) is 85.7 cm³/mol. The fraction of sp³-hybridized carbons (Fsp3) is 0.333. The molecule has 0 amide bonds. The van der Waals surface area contributed by atoms with Crippen LogP contribution in [0.3, 0.4) is 0 Å². The largest absolute Gasteiger partial charge is 0.496 e. The Bertz CT molecular complexity index is 714. The van der Waals surface area contributed by atoms with E-state index in [4.69, 9.17) is 4.74 Å². The number of rotatable bonds is 1. The van der Waals surface area contributed by atoms with Gasteiger partial charge in [0.15, 0.2) is 0 Å². The van der Waals surface area contributed by atoms with Gasteiger partial charge in [0.1, 0.15) is 5.75 Å². The summed E-state index contributed by atoms with van der Waals surface area (Å²) in [6.45, 7) is 2.21. The minimum Gasteiger partial charge on any atom is -0.496 e. The first kappa shape index (κ1) is 12.5. The molecule has 0 radical (unpaired) electrons. The van der Waals surface area contributed by atoms with Crippen molar-refractivity contribution in [3.05, 3.63) is 50.5 Å². The molecule has 0 aromatic heterocycles. The molecular formula is C18H17BrO. The molecule has 2 aromatic rings. The number of hydrogen-bond donors (Lipinski definition) is 0. The summed E-state index contributed by atoms with van der Waals surface area (Å²) in [5.41, 5.74) is 10.4. The van der Waals surface area contributed by atoms with E-state index in [0.29, 0.717) is 0 Å². The van der Waals surface area contributed by atoms with Gasteiger partial charge in [0.25, 0.3) is 0 Å². The van der Waals surface area contributed by atoms with Crippen molar-refractivity contribution in [2.75, 3.05) is 7.11 Å². The molecule has 102 valence electrons. The van der Waals surface area contributed by atoms with E-state index >= 15 is 0 Å². The van der Waals surface area contributed by atoms with Crippen molar-refractivity contribution in [1.82, 2.24) is 0 Å². The van der Waals surface area contributed by atoms with Crippen LogP contribution < -0.4 is 4.74 Å². The summed E-state index contributed by atoms with van der Waals surface area (Å²) in [7, 11) is 1.76. The van der Waals surface area contributed by atoms with Crippen LogP contribution in [0.5, 0.6) is 5.75 Å². The maximum absolute atomic E-state index is 5.53. The molecule has 0 heterocycles. The maximum atomic E-state index is 5.53. The van der Waals surface area contributed by atoms with E-state index in [1.54, 1.807) is 7.11 Å². The Morgan fingerprint density at radius 3 is 2.15 bits per heavy atom. The van der Waals surface area contributed by atoms with Crippen molar-refractivity contribution in [3.63, 3.8) is 0 Å². The van der Waals surface area contributed by atoms with Crippen LogP contribution >= 0.6 is 15.9 Å². The Hall–Kier alpha value is -1.28. The van der Waals surface area contributed by atoms with Gasteiger partial charge >= 0.3 is 0 Å². The average Bonchev–Trinajstić information content (AvgIpc) is 2.45. The maximum Gasteiger partial charge on any atom is 0.133 e. The number of ether oxygens (including phenoxy) is 1. The summed E-state index contributed by atoms with van der Waals surface area (Å²) < 4.78 is 6.69. The zero-order valence-electron chi connectivity index (χ0n) is 11.8. The van der Waals surface area contributed by atoms with Crippen LogP contribution in [-0.4, -0.2) is 7.11 Å². The smallest absolute Gasteiger partial charge is 0.133 e. The lowest BCUT2D eigenvalue weighted by Gasteiger charge is -2.31. The highest BCUT2D eigenvalue weighted by atomic mass is 79.9. The number of halogens is 1. The summed E-state index contributed by atoms with van der Waals surface area (Å²) in [5, 5.41) is 0. The van der Waals surface area contributed by atoms with Crippen molar-refractivity contribution in [1.29, 1.82) is 0 Å². The standard InChI is InChI=1S/C18H17BrO/c1-10-7-11-3-4-13-9-15(20-2)18(19)14-6-5-12(8-10)16(11)17(13)14/h7-9H,3-6H2,1-2H3. The Labute approximate surface area is 128 Å². The molecule has 0 spiro atoms. The van der Waals surface area contributed by atoms with Crippen molar-refractivity contribution in [3.8, 4) is 16.9 Å². The molecule has 2 aliphatic rings. The molecule has 0 aliphatic heterocycles. The van der Waals surface area contributed by atoms with Gasteiger partial charge < -0.3 is 4.74 Å². The third-order valence-corrected chi connectivity index (χ3v) is 5.50. The van der Waals surface area contributed by atoms with Gasteiger partial charge in [-0.05, 0) is 88.0 Å². The summed E-state index contributed by atoms with van der Waals surface area (Å²) in [4.78, 5) is 0. The lowest BCUT2D eigenvalue weighted by molar-refractivity contribution is 0.411. The minimum absolute atomic E-state index is 0.984.